The number of carboxylic acids is 1. The van der Waals surface area contributed by atoms with Crippen LogP contribution < -0.4 is 0 Å². The zero-order valence-corrected chi connectivity index (χ0v) is 12.7. The summed E-state index contributed by atoms with van der Waals surface area (Å²) >= 11 is 0. The standard InChI is InChI=1S/C16H18FN3O3/c1-19-9-11(8-18-19)14-10-20(6-7-23-14)15(16(21)22)12-4-2-3-5-13(12)17/h2-5,8-9,14-15H,6-7,10H2,1H3,(H,21,22). The summed E-state index contributed by atoms with van der Waals surface area (Å²) in [5, 5.41) is 13.7. The van der Waals surface area contributed by atoms with E-state index in [-0.39, 0.29) is 11.7 Å². The number of halogens is 1. The van der Waals surface area contributed by atoms with E-state index >= 15 is 0 Å². The SMILES string of the molecule is Cn1cc(C2CN(C(C(=O)O)c3ccccc3F)CCO2)cn1. The molecular formula is C16H18FN3O3. The third-order valence-electron chi connectivity index (χ3n) is 3.99. The fraction of sp³-hybridized carbons (Fsp3) is 0.375. The lowest BCUT2D eigenvalue weighted by Gasteiger charge is -2.36. The Balaban J connectivity index is 1.85. The van der Waals surface area contributed by atoms with Gasteiger partial charge in [-0.05, 0) is 6.07 Å². The Labute approximate surface area is 133 Å². The fourth-order valence-corrected chi connectivity index (χ4v) is 2.89. The van der Waals surface area contributed by atoms with Gasteiger partial charge in [-0.1, -0.05) is 18.2 Å². The van der Waals surface area contributed by atoms with Crippen LogP contribution in [0, 0.1) is 5.82 Å². The molecule has 2 atom stereocenters. The first-order valence-corrected chi connectivity index (χ1v) is 7.37. The van der Waals surface area contributed by atoms with Crippen molar-refractivity contribution in [2.45, 2.75) is 12.1 Å². The monoisotopic (exact) mass is 319 g/mol. The number of ether oxygens (including phenoxy) is 1. The van der Waals surface area contributed by atoms with Crippen molar-refractivity contribution >= 4 is 5.97 Å². The van der Waals surface area contributed by atoms with Gasteiger partial charge in [-0.15, -0.1) is 0 Å². The van der Waals surface area contributed by atoms with E-state index < -0.39 is 17.8 Å². The second kappa shape index (κ2) is 6.47. The number of benzene rings is 1. The molecule has 1 saturated heterocycles. The lowest BCUT2D eigenvalue weighted by Crippen LogP contribution is -2.43. The van der Waals surface area contributed by atoms with Crippen LogP contribution in [0.2, 0.25) is 0 Å². The van der Waals surface area contributed by atoms with Crippen LogP contribution in [0.1, 0.15) is 23.3 Å². The van der Waals surface area contributed by atoms with Crippen molar-refractivity contribution in [1.29, 1.82) is 0 Å². The van der Waals surface area contributed by atoms with Crippen molar-refractivity contribution in [2.24, 2.45) is 7.05 Å². The van der Waals surface area contributed by atoms with Gasteiger partial charge in [0.1, 0.15) is 11.9 Å². The Bertz CT molecular complexity index is 703. The first-order chi connectivity index (χ1) is 11.1. The molecule has 1 aromatic heterocycles. The smallest absolute Gasteiger partial charge is 0.325 e. The van der Waals surface area contributed by atoms with E-state index in [1.54, 1.807) is 27.9 Å². The van der Waals surface area contributed by atoms with Gasteiger partial charge in [-0.25, -0.2) is 4.39 Å². The molecular weight excluding hydrogens is 301 g/mol. The molecule has 0 radical (unpaired) electrons. The molecule has 3 rings (SSSR count). The second-order valence-corrected chi connectivity index (χ2v) is 5.56. The summed E-state index contributed by atoms with van der Waals surface area (Å²) in [6.45, 7) is 1.19. The number of rotatable bonds is 4. The molecule has 2 aromatic rings. The van der Waals surface area contributed by atoms with Crippen molar-refractivity contribution < 1.29 is 19.0 Å². The maximum Gasteiger partial charge on any atom is 0.325 e. The quantitative estimate of drug-likeness (QED) is 0.930. The lowest BCUT2D eigenvalue weighted by atomic mass is 10.0. The van der Waals surface area contributed by atoms with Crippen LogP contribution in [0.15, 0.2) is 36.7 Å². The second-order valence-electron chi connectivity index (χ2n) is 5.56. The average molecular weight is 319 g/mol. The van der Waals surface area contributed by atoms with Gasteiger partial charge in [0, 0.05) is 37.5 Å². The summed E-state index contributed by atoms with van der Waals surface area (Å²) in [4.78, 5) is 13.5. The van der Waals surface area contributed by atoms with E-state index in [9.17, 15) is 14.3 Å². The third kappa shape index (κ3) is 3.25. The number of aliphatic carboxylic acids is 1. The number of hydrogen-bond donors (Lipinski definition) is 1. The number of morpholine rings is 1. The molecule has 0 aliphatic carbocycles. The summed E-state index contributed by atoms with van der Waals surface area (Å²) in [5.74, 6) is -1.58. The topological polar surface area (TPSA) is 67.6 Å². The molecule has 2 unspecified atom stereocenters. The maximum atomic E-state index is 14.0. The van der Waals surface area contributed by atoms with Crippen LogP contribution in [0.3, 0.4) is 0 Å². The summed E-state index contributed by atoms with van der Waals surface area (Å²) in [5.41, 5.74) is 1.06. The molecule has 1 fully saturated rings. The highest BCUT2D eigenvalue weighted by molar-refractivity contribution is 5.75. The van der Waals surface area contributed by atoms with Gasteiger partial charge < -0.3 is 9.84 Å². The van der Waals surface area contributed by atoms with Gasteiger partial charge in [0.2, 0.25) is 0 Å². The highest BCUT2D eigenvalue weighted by Gasteiger charge is 2.34. The van der Waals surface area contributed by atoms with Gasteiger partial charge in [0.05, 0.1) is 18.9 Å². The highest BCUT2D eigenvalue weighted by Crippen LogP contribution is 2.30. The Morgan fingerprint density at radius 1 is 1.48 bits per heavy atom. The Morgan fingerprint density at radius 2 is 2.26 bits per heavy atom. The Kier molecular flexibility index (Phi) is 4.40. The van der Waals surface area contributed by atoms with E-state index in [2.05, 4.69) is 5.10 Å². The molecule has 122 valence electrons. The Hall–Kier alpha value is -2.25. The van der Waals surface area contributed by atoms with E-state index in [0.29, 0.717) is 19.7 Å². The van der Waals surface area contributed by atoms with Gasteiger partial charge in [0.25, 0.3) is 0 Å². The number of carboxylic acid groups (broad SMARTS) is 1. The van der Waals surface area contributed by atoms with Gasteiger partial charge in [-0.2, -0.15) is 5.10 Å². The van der Waals surface area contributed by atoms with Crippen LogP contribution in [-0.4, -0.2) is 45.5 Å². The van der Waals surface area contributed by atoms with E-state index in [1.807, 2.05) is 13.2 Å². The zero-order valence-electron chi connectivity index (χ0n) is 12.7. The fourth-order valence-electron chi connectivity index (χ4n) is 2.89. The molecule has 1 aromatic carbocycles. The van der Waals surface area contributed by atoms with Gasteiger partial charge in [-0.3, -0.25) is 14.4 Å². The molecule has 1 aliphatic rings. The molecule has 7 heteroatoms. The van der Waals surface area contributed by atoms with E-state index in [1.165, 1.54) is 12.1 Å². The van der Waals surface area contributed by atoms with Crippen molar-refractivity contribution in [3.05, 3.63) is 53.6 Å². The molecule has 1 aliphatic heterocycles. The van der Waals surface area contributed by atoms with Gasteiger partial charge in [0.15, 0.2) is 0 Å². The van der Waals surface area contributed by atoms with Crippen molar-refractivity contribution in [3.8, 4) is 0 Å². The Morgan fingerprint density at radius 3 is 2.91 bits per heavy atom. The minimum absolute atomic E-state index is 0.173. The average Bonchev–Trinajstić information content (AvgIpc) is 2.96. The van der Waals surface area contributed by atoms with Crippen LogP contribution in [0.4, 0.5) is 4.39 Å². The van der Waals surface area contributed by atoms with E-state index in [4.69, 9.17) is 4.74 Å². The van der Waals surface area contributed by atoms with Crippen molar-refractivity contribution in [2.75, 3.05) is 19.7 Å². The predicted octanol–water partition coefficient (Wildman–Crippen LogP) is 1.76. The molecule has 0 amide bonds. The summed E-state index contributed by atoms with van der Waals surface area (Å²) in [6.07, 6.45) is 3.27. The summed E-state index contributed by atoms with van der Waals surface area (Å²) in [7, 11) is 1.81. The molecule has 6 nitrogen and oxygen atoms in total. The molecule has 2 heterocycles. The minimum Gasteiger partial charge on any atom is -0.480 e. The lowest BCUT2D eigenvalue weighted by molar-refractivity contribution is -0.147. The summed E-state index contributed by atoms with van der Waals surface area (Å²) in [6, 6.07) is 4.97. The van der Waals surface area contributed by atoms with Crippen LogP contribution in [0.5, 0.6) is 0 Å². The zero-order chi connectivity index (χ0) is 16.4. The highest BCUT2D eigenvalue weighted by atomic mass is 19.1. The summed E-state index contributed by atoms with van der Waals surface area (Å²) < 4.78 is 21.4. The van der Waals surface area contributed by atoms with Crippen LogP contribution in [0.25, 0.3) is 0 Å². The predicted molar refractivity (Wildman–Crippen MR) is 80.3 cm³/mol. The number of hydrogen-bond acceptors (Lipinski definition) is 4. The maximum absolute atomic E-state index is 14.0. The van der Waals surface area contributed by atoms with Crippen LogP contribution in [-0.2, 0) is 16.6 Å². The minimum atomic E-state index is -1.07. The van der Waals surface area contributed by atoms with Crippen molar-refractivity contribution in [1.82, 2.24) is 14.7 Å². The molecule has 1 N–H and O–H groups in total. The van der Waals surface area contributed by atoms with E-state index in [0.717, 1.165) is 5.56 Å². The van der Waals surface area contributed by atoms with Crippen LogP contribution >= 0.6 is 0 Å². The number of carbonyl (C=O) groups is 1. The molecule has 0 spiro atoms. The largest absolute Gasteiger partial charge is 0.480 e. The number of aryl methyl sites for hydroxylation is 1. The van der Waals surface area contributed by atoms with Crippen molar-refractivity contribution in [3.63, 3.8) is 0 Å². The first kappa shape index (κ1) is 15.6. The normalized spacial score (nSPS) is 20.3. The molecule has 0 saturated carbocycles. The third-order valence-corrected chi connectivity index (χ3v) is 3.99. The molecule has 23 heavy (non-hydrogen) atoms. The van der Waals surface area contributed by atoms with Gasteiger partial charge >= 0.3 is 5.97 Å². The number of aromatic nitrogens is 2. The number of nitrogens with zero attached hydrogens (tertiary/aromatic N) is 3. The molecule has 0 bridgehead atoms. The first-order valence-electron chi connectivity index (χ1n) is 7.37.